The smallest absolute Gasteiger partial charge is 0.212 e. The van der Waals surface area contributed by atoms with E-state index in [1.807, 2.05) is 31.3 Å². The first-order valence-electron chi connectivity index (χ1n) is 5.38. The number of halogens is 1. The summed E-state index contributed by atoms with van der Waals surface area (Å²) in [6.45, 7) is 0. The van der Waals surface area contributed by atoms with Crippen molar-refractivity contribution in [3.8, 4) is 11.1 Å². The SMILES string of the molecule is CNc1cccc(-c2cc(NC=O)ncc2Cl)c1. The van der Waals surface area contributed by atoms with Gasteiger partial charge in [0, 0.05) is 24.5 Å². The molecule has 0 saturated heterocycles. The van der Waals surface area contributed by atoms with Crippen molar-refractivity contribution in [2.24, 2.45) is 0 Å². The number of nitrogens with zero attached hydrogens (tertiary/aromatic N) is 1. The number of carbonyl (C=O) groups is 1. The number of aromatic nitrogens is 1. The molecule has 92 valence electrons. The van der Waals surface area contributed by atoms with Gasteiger partial charge in [-0.1, -0.05) is 23.7 Å². The van der Waals surface area contributed by atoms with Gasteiger partial charge in [-0.15, -0.1) is 0 Å². The van der Waals surface area contributed by atoms with Crippen LogP contribution >= 0.6 is 11.6 Å². The van der Waals surface area contributed by atoms with Crippen molar-refractivity contribution < 1.29 is 4.79 Å². The van der Waals surface area contributed by atoms with E-state index in [0.29, 0.717) is 17.3 Å². The predicted molar refractivity (Wildman–Crippen MR) is 73.9 cm³/mol. The molecule has 2 N–H and O–H groups in total. The van der Waals surface area contributed by atoms with E-state index in [9.17, 15) is 4.79 Å². The molecule has 2 aromatic rings. The fourth-order valence-electron chi connectivity index (χ4n) is 1.64. The number of carbonyl (C=O) groups excluding carboxylic acids is 1. The molecular formula is C13H12ClN3O. The zero-order valence-corrected chi connectivity index (χ0v) is 10.5. The van der Waals surface area contributed by atoms with Crippen molar-refractivity contribution in [1.29, 1.82) is 0 Å². The molecule has 0 spiro atoms. The van der Waals surface area contributed by atoms with E-state index in [2.05, 4.69) is 15.6 Å². The number of nitrogens with one attached hydrogen (secondary N) is 2. The van der Waals surface area contributed by atoms with Crippen molar-refractivity contribution in [1.82, 2.24) is 4.98 Å². The molecule has 4 nitrogen and oxygen atoms in total. The third kappa shape index (κ3) is 2.60. The molecular weight excluding hydrogens is 250 g/mol. The summed E-state index contributed by atoms with van der Waals surface area (Å²) in [4.78, 5) is 14.4. The molecule has 0 saturated carbocycles. The van der Waals surface area contributed by atoms with Gasteiger partial charge in [0.2, 0.25) is 6.41 Å². The van der Waals surface area contributed by atoms with Crippen LogP contribution in [-0.4, -0.2) is 18.4 Å². The van der Waals surface area contributed by atoms with Crippen LogP contribution in [0.3, 0.4) is 0 Å². The van der Waals surface area contributed by atoms with Gasteiger partial charge >= 0.3 is 0 Å². The van der Waals surface area contributed by atoms with Gasteiger partial charge in [0.05, 0.1) is 5.02 Å². The maximum atomic E-state index is 10.4. The summed E-state index contributed by atoms with van der Waals surface area (Å²) in [6, 6.07) is 9.57. The first-order chi connectivity index (χ1) is 8.74. The van der Waals surface area contributed by atoms with E-state index in [1.165, 1.54) is 6.20 Å². The van der Waals surface area contributed by atoms with E-state index >= 15 is 0 Å². The fourth-order valence-corrected chi connectivity index (χ4v) is 1.85. The van der Waals surface area contributed by atoms with Crippen molar-refractivity contribution in [3.63, 3.8) is 0 Å². The molecule has 0 atom stereocenters. The lowest BCUT2D eigenvalue weighted by molar-refractivity contribution is -0.105. The molecule has 0 aliphatic heterocycles. The largest absolute Gasteiger partial charge is 0.388 e. The maximum absolute atomic E-state index is 10.4. The summed E-state index contributed by atoms with van der Waals surface area (Å²) >= 11 is 6.13. The molecule has 0 aliphatic carbocycles. The van der Waals surface area contributed by atoms with Crippen LogP contribution in [0.2, 0.25) is 5.02 Å². The first kappa shape index (κ1) is 12.4. The van der Waals surface area contributed by atoms with Gasteiger partial charge in [0.15, 0.2) is 0 Å². The van der Waals surface area contributed by atoms with E-state index in [-0.39, 0.29) is 0 Å². The van der Waals surface area contributed by atoms with Crippen LogP contribution in [0.1, 0.15) is 0 Å². The molecule has 1 aromatic heterocycles. The number of hydrogen-bond donors (Lipinski definition) is 2. The van der Waals surface area contributed by atoms with Crippen LogP contribution in [0, 0.1) is 0 Å². The highest BCUT2D eigenvalue weighted by Gasteiger charge is 2.06. The Bertz CT molecular complexity index is 572. The van der Waals surface area contributed by atoms with Crippen molar-refractivity contribution >= 4 is 29.5 Å². The molecule has 0 radical (unpaired) electrons. The Labute approximate surface area is 110 Å². The minimum atomic E-state index is 0.472. The molecule has 5 heteroatoms. The molecule has 0 fully saturated rings. The van der Waals surface area contributed by atoms with Crippen LogP contribution in [0.15, 0.2) is 36.5 Å². The molecule has 0 unspecified atom stereocenters. The Morgan fingerprint density at radius 1 is 1.33 bits per heavy atom. The fraction of sp³-hybridized carbons (Fsp3) is 0.0769. The summed E-state index contributed by atoms with van der Waals surface area (Å²) in [6.07, 6.45) is 2.11. The third-order valence-corrected chi connectivity index (χ3v) is 2.83. The van der Waals surface area contributed by atoms with Gasteiger partial charge in [-0.05, 0) is 23.8 Å². The van der Waals surface area contributed by atoms with E-state index in [4.69, 9.17) is 11.6 Å². The lowest BCUT2D eigenvalue weighted by Gasteiger charge is -2.08. The topological polar surface area (TPSA) is 54.0 Å². The lowest BCUT2D eigenvalue weighted by Crippen LogP contribution is -1.97. The highest BCUT2D eigenvalue weighted by molar-refractivity contribution is 6.33. The van der Waals surface area contributed by atoms with Crippen LogP contribution in [-0.2, 0) is 4.79 Å². The zero-order valence-electron chi connectivity index (χ0n) is 9.77. The van der Waals surface area contributed by atoms with Crippen molar-refractivity contribution in [2.45, 2.75) is 0 Å². The Balaban J connectivity index is 2.47. The average Bonchev–Trinajstić information content (AvgIpc) is 2.41. The number of amides is 1. The summed E-state index contributed by atoms with van der Waals surface area (Å²) in [5.74, 6) is 0.472. The number of pyridine rings is 1. The first-order valence-corrected chi connectivity index (χ1v) is 5.76. The molecule has 0 aliphatic rings. The lowest BCUT2D eigenvalue weighted by atomic mass is 10.1. The molecule has 0 bridgehead atoms. The minimum absolute atomic E-state index is 0.472. The second-order valence-electron chi connectivity index (χ2n) is 3.64. The minimum Gasteiger partial charge on any atom is -0.388 e. The van der Waals surface area contributed by atoms with Gasteiger partial charge in [-0.25, -0.2) is 4.98 Å². The molecule has 1 amide bonds. The van der Waals surface area contributed by atoms with Gasteiger partial charge in [-0.3, -0.25) is 4.79 Å². The van der Waals surface area contributed by atoms with Crippen LogP contribution in [0.5, 0.6) is 0 Å². The Morgan fingerprint density at radius 3 is 2.89 bits per heavy atom. The van der Waals surface area contributed by atoms with Crippen LogP contribution < -0.4 is 10.6 Å². The summed E-state index contributed by atoms with van der Waals surface area (Å²) in [7, 11) is 1.85. The Kier molecular flexibility index (Phi) is 3.79. The molecule has 2 rings (SSSR count). The highest BCUT2D eigenvalue weighted by atomic mass is 35.5. The van der Waals surface area contributed by atoms with Crippen molar-refractivity contribution in [3.05, 3.63) is 41.6 Å². The summed E-state index contributed by atoms with van der Waals surface area (Å²) < 4.78 is 0. The molecule has 1 aromatic carbocycles. The Hall–Kier alpha value is -2.07. The maximum Gasteiger partial charge on any atom is 0.212 e. The van der Waals surface area contributed by atoms with Gasteiger partial charge in [0.25, 0.3) is 0 Å². The second kappa shape index (κ2) is 5.51. The van der Waals surface area contributed by atoms with Gasteiger partial charge in [0.1, 0.15) is 5.82 Å². The highest BCUT2D eigenvalue weighted by Crippen LogP contribution is 2.30. The van der Waals surface area contributed by atoms with Gasteiger partial charge < -0.3 is 10.6 Å². The second-order valence-corrected chi connectivity index (χ2v) is 4.05. The van der Waals surface area contributed by atoms with Crippen LogP contribution in [0.4, 0.5) is 11.5 Å². The third-order valence-electron chi connectivity index (χ3n) is 2.52. The molecule has 1 heterocycles. The predicted octanol–water partition coefficient (Wildman–Crippen LogP) is 3.01. The number of hydrogen-bond acceptors (Lipinski definition) is 3. The summed E-state index contributed by atoms with van der Waals surface area (Å²) in [5, 5.41) is 6.11. The van der Waals surface area contributed by atoms with E-state index in [1.54, 1.807) is 6.07 Å². The standard InChI is InChI=1S/C13H12ClN3O/c1-15-10-4-2-3-9(5-10)11-6-13(17-8-18)16-7-12(11)14/h2-8,15H,1H3,(H,16,17,18). The van der Waals surface area contributed by atoms with Crippen molar-refractivity contribution in [2.75, 3.05) is 17.7 Å². The average molecular weight is 262 g/mol. The number of rotatable bonds is 4. The van der Waals surface area contributed by atoms with Crippen LogP contribution in [0.25, 0.3) is 11.1 Å². The van der Waals surface area contributed by atoms with E-state index < -0.39 is 0 Å². The normalized spacial score (nSPS) is 9.89. The quantitative estimate of drug-likeness (QED) is 0.832. The summed E-state index contributed by atoms with van der Waals surface area (Å²) in [5.41, 5.74) is 2.78. The van der Waals surface area contributed by atoms with E-state index in [0.717, 1.165) is 16.8 Å². The number of benzene rings is 1. The molecule has 18 heavy (non-hydrogen) atoms. The number of anilines is 2. The van der Waals surface area contributed by atoms with Gasteiger partial charge in [-0.2, -0.15) is 0 Å². The zero-order chi connectivity index (χ0) is 13.0. The Morgan fingerprint density at radius 2 is 2.17 bits per heavy atom. The monoisotopic (exact) mass is 261 g/mol.